The molecule has 0 aliphatic heterocycles. The Morgan fingerprint density at radius 2 is 2.20 bits per heavy atom. The normalized spacial score (nSPS) is 18.9. The fraction of sp³-hybridized carbons (Fsp3) is 0.333. The van der Waals surface area contributed by atoms with Crippen molar-refractivity contribution in [3.8, 4) is 0 Å². The van der Waals surface area contributed by atoms with Crippen molar-refractivity contribution in [2.75, 3.05) is 0 Å². The van der Waals surface area contributed by atoms with Gasteiger partial charge in [0.1, 0.15) is 0 Å². The van der Waals surface area contributed by atoms with Gasteiger partial charge in [0.25, 0.3) is 0 Å². The molecule has 2 N–H and O–H groups in total. The van der Waals surface area contributed by atoms with Crippen molar-refractivity contribution >= 4 is 0 Å². The van der Waals surface area contributed by atoms with Crippen LogP contribution in [-0.4, -0.2) is 0 Å². The van der Waals surface area contributed by atoms with E-state index < -0.39 is 0 Å². The summed E-state index contributed by atoms with van der Waals surface area (Å²) in [7, 11) is 0. The van der Waals surface area contributed by atoms with E-state index in [0.717, 1.165) is 18.5 Å². The molecular formula is C9H13N. The van der Waals surface area contributed by atoms with E-state index in [-0.39, 0.29) is 0 Å². The molecule has 0 saturated carbocycles. The number of nitrogens with two attached hydrogens (primary N) is 1. The van der Waals surface area contributed by atoms with Gasteiger partial charge in [0.15, 0.2) is 0 Å². The van der Waals surface area contributed by atoms with Gasteiger partial charge in [-0.15, -0.1) is 0 Å². The topological polar surface area (TPSA) is 26.0 Å². The van der Waals surface area contributed by atoms with Crippen molar-refractivity contribution in [2.45, 2.75) is 19.8 Å². The van der Waals surface area contributed by atoms with Gasteiger partial charge in [0.05, 0.1) is 0 Å². The van der Waals surface area contributed by atoms with E-state index >= 15 is 0 Å². The SMILES string of the molecule is C/C=C/C1=CC=C(N)CC1. The van der Waals surface area contributed by atoms with E-state index in [2.05, 4.69) is 18.2 Å². The lowest BCUT2D eigenvalue weighted by molar-refractivity contribution is 0.912. The maximum atomic E-state index is 5.59. The van der Waals surface area contributed by atoms with Crippen molar-refractivity contribution in [2.24, 2.45) is 5.73 Å². The van der Waals surface area contributed by atoms with Gasteiger partial charge in [-0.2, -0.15) is 0 Å². The van der Waals surface area contributed by atoms with Crippen molar-refractivity contribution in [1.82, 2.24) is 0 Å². The lowest BCUT2D eigenvalue weighted by Crippen LogP contribution is -2.00. The van der Waals surface area contributed by atoms with Gasteiger partial charge >= 0.3 is 0 Å². The first-order valence-electron chi connectivity index (χ1n) is 3.61. The van der Waals surface area contributed by atoms with Crippen LogP contribution in [0.2, 0.25) is 0 Å². The molecule has 0 atom stereocenters. The van der Waals surface area contributed by atoms with Gasteiger partial charge in [-0.05, 0) is 31.4 Å². The van der Waals surface area contributed by atoms with Crippen LogP contribution in [0.25, 0.3) is 0 Å². The van der Waals surface area contributed by atoms with Gasteiger partial charge in [0, 0.05) is 5.70 Å². The molecule has 1 aliphatic carbocycles. The highest BCUT2D eigenvalue weighted by Gasteiger charge is 1.98. The lowest BCUT2D eigenvalue weighted by atomic mass is 10.0. The maximum Gasteiger partial charge on any atom is 0.00838 e. The first kappa shape index (κ1) is 7.13. The van der Waals surface area contributed by atoms with Crippen molar-refractivity contribution < 1.29 is 0 Å². The Bertz CT molecular complexity index is 197. The summed E-state index contributed by atoms with van der Waals surface area (Å²) in [6.07, 6.45) is 10.4. The molecule has 1 aliphatic rings. The van der Waals surface area contributed by atoms with Crippen LogP contribution in [0, 0.1) is 0 Å². The molecule has 0 radical (unpaired) electrons. The van der Waals surface area contributed by atoms with Crippen molar-refractivity contribution in [3.05, 3.63) is 35.6 Å². The Morgan fingerprint density at radius 1 is 1.40 bits per heavy atom. The summed E-state index contributed by atoms with van der Waals surface area (Å²) in [5.41, 5.74) is 7.95. The van der Waals surface area contributed by atoms with Gasteiger partial charge in [-0.25, -0.2) is 0 Å². The van der Waals surface area contributed by atoms with E-state index in [1.807, 2.05) is 13.0 Å². The highest BCUT2D eigenvalue weighted by atomic mass is 14.6. The predicted octanol–water partition coefficient (Wildman–Crippen LogP) is 2.13. The van der Waals surface area contributed by atoms with Gasteiger partial charge in [0.2, 0.25) is 0 Å². The van der Waals surface area contributed by atoms with E-state index in [0.29, 0.717) is 0 Å². The summed E-state index contributed by atoms with van der Waals surface area (Å²) in [4.78, 5) is 0. The number of rotatable bonds is 1. The summed E-state index contributed by atoms with van der Waals surface area (Å²) in [5, 5.41) is 0. The molecule has 1 nitrogen and oxygen atoms in total. The van der Waals surface area contributed by atoms with Crippen LogP contribution in [0.5, 0.6) is 0 Å². The summed E-state index contributed by atoms with van der Waals surface area (Å²) >= 11 is 0. The molecule has 10 heavy (non-hydrogen) atoms. The van der Waals surface area contributed by atoms with E-state index in [1.54, 1.807) is 0 Å². The number of hydrogen-bond donors (Lipinski definition) is 1. The third-order valence-corrected chi connectivity index (χ3v) is 1.59. The molecule has 0 bridgehead atoms. The summed E-state index contributed by atoms with van der Waals surface area (Å²) < 4.78 is 0. The van der Waals surface area contributed by atoms with Crippen molar-refractivity contribution in [3.63, 3.8) is 0 Å². The molecule has 0 aromatic carbocycles. The second-order valence-electron chi connectivity index (χ2n) is 2.48. The maximum absolute atomic E-state index is 5.59. The summed E-state index contributed by atoms with van der Waals surface area (Å²) in [5.74, 6) is 0. The molecule has 0 aromatic rings. The zero-order valence-electron chi connectivity index (χ0n) is 6.30. The Balaban J connectivity index is 2.64. The minimum Gasteiger partial charge on any atom is -0.402 e. The van der Waals surface area contributed by atoms with Crippen LogP contribution < -0.4 is 5.73 Å². The second kappa shape index (κ2) is 3.25. The summed E-state index contributed by atoms with van der Waals surface area (Å²) in [6.45, 7) is 2.03. The lowest BCUT2D eigenvalue weighted by Gasteiger charge is -2.06. The van der Waals surface area contributed by atoms with Crippen LogP contribution in [-0.2, 0) is 0 Å². The third-order valence-electron chi connectivity index (χ3n) is 1.59. The first-order valence-corrected chi connectivity index (χ1v) is 3.61. The number of allylic oxidation sites excluding steroid dienone is 6. The monoisotopic (exact) mass is 135 g/mol. The Morgan fingerprint density at radius 3 is 2.70 bits per heavy atom. The highest BCUT2D eigenvalue weighted by Crippen LogP contribution is 2.15. The first-order chi connectivity index (χ1) is 4.83. The zero-order valence-corrected chi connectivity index (χ0v) is 6.30. The largest absolute Gasteiger partial charge is 0.402 e. The van der Waals surface area contributed by atoms with E-state index in [9.17, 15) is 0 Å². The second-order valence-corrected chi connectivity index (χ2v) is 2.48. The quantitative estimate of drug-likeness (QED) is 0.585. The van der Waals surface area contributed by atoms with Crippen LogP contribution in [0.3, 0.4) is 0 Å². The molecule has 0 heterocycles. The standard InChI is InChI=1S/C9H13N/c1-2-3-8-4-6-9(10)7-5-8/h2-4,6H,5,7,10H2,1H3/b3-2+. The Kier molecular flexibility index (Phi) is 2.32. The summed E-state index contributed by atoms with van der Waals surface area (Å²) in [6, 6.07) is 0. The van der Waals surface area contributed by atoms with E-state index in [1.165, 1.54) is 5.57 Å². The molecule has 0 aromatic heterocycles. The Hall–Kier alpha value is -0.980. The van der Waals surface area contributed by atoms with Crippen LogP contribution >= 0.6 is 0 Å². The third kappa shape index (κ3) is 1.76. The average molecular weight is 135 g/mol. The molecule has 1 rings (SSSR count). The minimum absolute atomic E-state index is 0.994. The predicted molar refractivity (Wildman–Crippen MR) is 44.4 cm³/mol. The molecule has 0 unspecified atom stereocenters. The molecule has 54 valence electrons. The van der Waals surface area contributed by atoms with Crippen LogP contribution in [0.15, 0.2) is 35.6 Å². The smallest absolute Gasteiger partial charge is 0.00838 e. The van der Waals surface area contributed by atoms with Gasteiger partial charge in [-0.3, -0.25) is 0 Å². The van der Waals surface area contributed by atoms with E-state index in [4.69, 9.17) is 5.73 Å². The highest BCUT2D eigenvalue weighted by molar-refractivity contribution is 5.29. The van der Waals surface area contributed by atoms with Crippen LogP contribution in [0.1, 0.15) is 19.8 Å². The fourth-order valence-corrected chi connectivity index (χ4v) is 1.02. The molecular weight excluding hydrogens is 122 g/mol. The van der Waals surface area contributed by atoms with Crippen LogP contribution in [0.4, 0.5) is 0 Å². The zero-order chi connectivity index (χ0) is 7.40. The van der Waals surface area contributed by atoms with Gasteiger partial charge in [-0.1, -0.05) is 18.2 Å². The van der Waals surface area contributed by atoms with Crippen molar-refractivity contribution in [1.29, 1.82) is 0 Å². The molecule has 0 amide bonds. The molecule has 0 saturated heterocycles. The molecule has 0 fully saturated rings. The van der Waals surface area contributed by atoms with Gasteiger partial charge < -0.3 is 5.73 Å². The Labute approximate surface area is 61.9 Å². The molecule has 0 spiro atoms. The number of hydrogen-bond acceptors (Lipinski definition) is 1. The fourth-order valence-electron chi connectivity index (χ4n) is 1.02. The minimum atomic E-state index is 0.994. The molecule has 1 heteroatoms. The average Bonchev–Trinajstić information content (AvgIpc) is 1.95.